The van der Waals surface area contributed by atoms with Gasteiger partial charge < -0.3 is 10.3 Å². The van der Waals surface area contributed by atoms with E-state index in [1.54, 1.807) is 0 Å². The molecule has 0 saturated carbocycles. The summed E-state index contributed by atoms with van der Waals surface area (Å²) in [6.07, 6.45) is 8.66. The molecule has 0 amide bonds. The summed E-state index contributed by atoms with van der Waals surface area (Å²) in [6, 6.07) is 6.77. The lowest BCUT2D eigenvalue weighted by molar-refractivity contribution is 0.512. The second-order valence-electron chi connectivity index (χ2n) is 5.75. The summed E-state index contributed by atoms with van der Waals surface area (Å²) in [7, 11) is 0. The average molecular weight is 269 g/mol. The fourth-order valence-electron chi connectivity index (χ4n) is 3.50. The minimum absolute atomic E-state index is 0.434. The number of rotatable bonds is 4. The van der Waals surface area contributed by atoms with Crippen molar-refractivity contribution < 1.29 is 0 Å². The number of benzene rings is 1. The lowest BCUT2D eigenvalue weighted by Crippen LogP contribution is -2.12. The molecule has 1 aromatic heterocycles. The van der Waals surface area contributed by atoms with Crippen molar-refractivity contribution in [1.29, 1.82) is 0 Å². The Labute approximate surface area is 120 Å². The number of nitrogens with zero attached hydrogens (tertiary/aromatic N) is 2. The highest BCUT2D eigenvalue weighted by molar-refractivity contribution is 5.48. The van der Waals surface area contributed by atoms with Crippen LogP contribution in [0.2, 0.25) is 0 Å². The predicted molar refractivity (Wildman–Crippen MR) is 82.9 cm³/mol. The Bertz CT molecular complexity index is 596. The summed E-state index contributed by atoms with van der Waals surface area (Å²) in [5.41, 5.74) is 11.0. The first kappa shape index (κ1) is 13.2. The van der Waals surface area contributed by atoms with E-state index < -0.39 is 0 Å². The van der Waals surface area contributed by atoms with Crippen LogP contribution in [0, 0.1) is 0 Å². The summed E-state index contributed by atoms with van der Waals surface area (Å²) in [5, 5.41) is 0. The fourth-order valence-corrected chi connectivity index (χ4v) is 3.50. The zero-order chi connectivity index (χ0) is 14.1. The molecule has 1 unspecified atom stereocenters. The van der Waals surface area contributed by atoms with Gasteiger partial charge in [-0.2, -0.15) is 0 Å². The lowest BCUT2D eigenvalue weighted by atomic mass is 9.98. The standard InChI is InChI=1S/C17H23N3/c1-3-12(4-2)17-10-19-11-20(17)16-8-5-13-9-14(18)6-7-15(13)16/h6-7,9-12,16H,3-5,8,18H2,1-2H3. The van der Waals surface area contributed by atoms with Gasteiger partial charge in [0.2, 0.25) is 0 Å². The van der Waals surface area contributed by atoms with Gasteiger partial charge in [-0.25, -0.2) is 4.98 Å². The molecule has 2 N–H and O–H groups in total. The van der Waals surface area contributed by atoms with Crippen LogP contribution in [0.5, 0.6) is 0 Å². The summed E-state index contributed by atoms with van der Waals surface area (Å²) in [6.45, 7) is 4.52. The molecule has 1 heterocycles. The quantitative estimate of drug-likeness (QED) is 0.855. The van der Waals surface area contributed by atoms with Gasteiger partial charge in [0.1, 0.15) is 0 Å². The van der Waals surface area contributed by atoms with Gasteiger partial charge in [-0.15, -0.1) is 0 Å². The third-order valence-electron chi connectivity index (χ3n) is 4.65. The first-order valence-electron chi connectivity index (χ1n) is 7.64. The second kappa shape index (κ2) is 5.31. The first-order chi connectivity index (χ1) is 9.74. The van der Waals surface area contributed by atoms with Gasteiger partial charge in [0.15, 0.2) is 0 Å². The Morgan fingerprint density at radius 2 is 2.15 bits per heavy atom. The normalized spacial score (nSPS) is 17.6. The van der Waals surface area contributed by atoms with E-state index in [0.29, 0.717) is 12.0 Å². The number of nitrogen functional groups attached to an aromatic ring is 1. The Balaban J connectivity index is 1.99. The molecule has 0 spiro atoms. The molecule has 20 heavy (non-hydrogen) atoms. The van der Waals surface area contributed by atoms with E-state index in [-0.39, 0.29) is 0 Å². The van der Waals surface area contributed by atoms with Gasteiger partial charge in [-0.05, 0) is 48.9 Å². The maximum atomic E-state index is 5.90. The Hall–Kier alpha value is -1.77. The molecular formula is C17H23N3. The zero-order valence-corrected chi connectivity index (χ0v) is 12.3. The lowest BCUT2D eigenvalue weighted by Gasteiger charge is -2.21. The SMILES string of the molecule is CCC(CC)c1cncn1C1CCc2cc(N)ccc21. The third-order valence-corrected chi connectivity index (χ3v) is 4.65. The van der Waals surface area contributed by atoms with Crippen molar-refractivity contribution in [1.82, 2.24) is 9.55 Å². The van der Waals surface area contributed by atoms with Crippen molar-refractivity contribution >= 4 is 5.69 Å². The van der Waals surface area contributed by atoms with Crippen molar-refractivity contribution in [2.24, 2.45) is 0 Å². The molecule has 2 aromatic rings. The van der Waals surface area contributed by atoms with Gasteiger partial charge in [-0.1, -0.05) is 19.9 Å². The molecule has 1 aliphatic carbocycles. The highest BCUT2D eigenvalue weighted by Gasteiger charge is 2.26. The number of nitrogens with two attached hydrogens (primary N) is 1. The van der Waals surface area contributed by atoms with E-state index in [1.807, 2.05) is 18.6 Å². The molecule has 3 rings (SSSR count). The zero-order valence-electron chi connectivity index (χ0n) is 12.3. The average Bonchev–Trinajstić information content (AvgIpc) is 3.06. The molecule has 3 heteroatoms. The number of hydrogen-bond acceptors (Lipinski definition) is 2. The summed E-state index contributed by atoms with van der Waals surface area (Å²) in [4.78, 5) is 4.41. The number of hydrogen-bond donors (Lipinski definition) is 1. The van der Waals surface area contributed by atoms with Crippen LogP contribution in [0.4, 0.5) is 5.69 Å². The van der Waals surface area contributed by atoms with Gasteiger partial charge in [0, 0.05) is 23.5 Å². The molecule has 0 radical (unpaired) electrons. The third kappa shape index (κ3) is 2.11. The van der Waals surface area contributed by atoms with Gasteiger partial charge in [0.05, 0.1) is 12.4 Å². The molecule has 1 aliphatic rings. The minimum atomic E-state index is 0.434. The molecule has 106 valence electrons. The van der Waals surface area contributed by atoms with Gasteiger partial charge in [-0.3, -0.25) is 0 Å². The highest BCUT2D eigenvalue weighted by Crippen LogP contribution is 2.37. The molecule has 0 fully saturated rings. The van der Waals surface area contributed by atoms with Crippen molar-refractivity contribution in [3.63, 3.8) is 0 Å². The minimum Gasteiger partial charge on any atom is -0.399 e. The molecule has 1 aromatic carbocycles. The summed E-state index contributed by atoms with van der Waals surface area (Å²) in [5.74, 6) is 0.607. The van der Waals surface area contributed by atoms with Crippen LogP contribution in [-0.4, -0.2) is 9.55 Å². The van der Waals surface area contributed by atoms with Crippen molar-refractivity contribution in [3.8, 4) is 0 Å². The molecule has 1 atom stereocenters. The second-order valence-corrected chi connectivity index (χ2v) is 5.75. The molecule has 3 nitrogen and oxygen atoms in total. The number of fused-ring (bicyclic) bond motifs is 1. The molecule has 0 bridgehead atoms. The molecular weight excluding hydrogens is 246 g/mol. The van der Waals surface area contributed by atoms with Crippen LogP contribution in [0.1, 0.15) is 61.9 Å². The highest BCUT2D eigenvalue weighted by atomic mass is 15.1. The Morgan fingerprint density at radius 3 is 2.90 bits per heavy atom. The van der Waals surface area contributed by atoms with Gasteiger partial charge in [0.25, 0.3) is 0 Å². The van der Waals surface area contributed by atoms with Crippen molar-refractivity contribution in [2.45, 2.75) is 51.5 Å². The van der Waals surface area contributed by atoms with Crippen LogP contribution >= 0.6 is 0 Å². The summed E-state index contributed by atoms with van der Waals surface area (Å²) >= 11 is 0. The van der Waals surface area contributed by atoms with Gasteiger partial charge >= 0.3 is 0 Å². The smallest absolute Gasteiger partial charge is 0.0954 e. The number of aromatic nitrogens is 2. The monoisotopic (exact) mass is 269 g/mol. The number of aryl methyl sites for hydroxylation is 1. The van der Waals surface area contributed by atoms with Crippen molar-refractivity contribution in [3.05, 3.63) is 47.5 Å². The van der Waals surface area contributed by atoms with Crippen LogP contribution in [0.25, 0.3) is 0 Å². The molecule has 0 saturated heterocycles. The largest absolute Gasteiger partial charge is 0.399 e. The van der Waals surface area contributed by atoms with Crippen molar-refractivity contribution in [2.75, 3.05) is 5.73 Å². The maximum Gasteiger partial charge on any atom is 0.0954 e. The van der Waals surface area contributed by atoms with E-state index in [4.69, 9.17) is 5.73 Å². The Kier molecular flexibility index (Phi) is 3.51. The molecule has 0 aliphatic heterocycles. The fraction of sp³-hybridized carbons (Fsp3) is 0.471. The van der Waals surface area contributed by atoms with Crippen LogP contribution in [0.3, 0.4) is 0 Å². The first-order valence-corrected chi connectivity index (χ1v) is 7.64. The number of anilines is 1. The van der Waals surface area contributed by atoms with Crippen LogP contribution in [-0.2, 0) is 6.42 Å². The van der Waals surface area contributed by atoms with Crippen LogP contribution < -0.4 is 5.73 Å². The number of imidazole rings is 1. The van der Waals surface area contributed by atoms with E-state index >= 15 is 0 Å². The Morgan fingerprint density at radius 1 is 1.35 bits per heavy atom. The van der Waals surface area contributed by atoms with E-state index in [1.165, 1.54) is 29.7 Å². The van der Waals surface area contributed by atoms with Crippen LogP contribution in [0.15, 0.2) is 30.7 Å². The van der Waals surface area contributed by atoms with E-state index in [9.17, 15) is 0 Å². The summed E-state index contributed by atoms with van der Waals surface area (Å²) < 4.78 is 2.39. The predicted octanol–water partition coefficient (Wildman–Crippen LogP) is 3.90. The van der Waals surface area contributed by atoms with E-state index in [2.05, 4.69) is 35.5 Å². The maximum absolute atomic E-state index is 5.90. The topological polar surface area (TPSA) is 43.8 Å². The van der Waals surface area contributed by atoms with E-state index in [0.717, 1.165) is 18.5 Å².